The smallest absolute Gasteiger partial charge is 0.313 e. The van der Waals surface area contributed by atoms with Gasteiger partial charge in [-0.2, -0.15) is 0 Å². The molecule has 30 heavy (non-hydrogen) atoms. The van der Waals surface area contributed by atoms with Crippen LogP contribution in [0.25, 0.3) is 27.0 Å². The summed E-state index contributed by atoms with van der Waals surface area (Å²) in [5.41, 5.74) is 1.27. The third-order valence-electron chi connectivity index (χ3n) is 4.37. The Morgan fingerprint density at radius 3 is 2.77 bits per heavy atom. The molecular weight excluding hydrogens is 427 g/mol. The summed E-state index contributed by atoms with van der Waals surface area (Å²) >= 11 is 2.19. The molecule has 0 saturated carbocycles. The first-order valence-electron chi connectivity index (χ1n) is 8.77. The minimum absolute atomic E-state index is 0.189. The number of thiophene rings is 1. The van der Waals surface area contributed by atoms with Gasteiger partial charge in [-0.15, -0.1) is 11.3 Å². The molecule has 4 aromatic rings. The van der Waals surface area contributed by atoms with Crippen molar-refractivity contribution in [2.75, 3.05) is 12.9 Å². The summed E-state index contributed by atoms with van der Waals surface area (Å²) in [5, 5.41) is 11.4. The number of hydrogen-bond acceptors (Lipinski definition) is 6. The highest BCUT2D eigenvalue weighted by Crippen LogP contribution is 2.37. The number of benzene rings is 2. The van der Waals surface area contributed by atoms with Crippen molar-refractivity contribution in [3.63, 3.8) is 0 Å². The van der Waals surface area contributed by atoms with Gasteiger partial charge in [-0.1, -0.05) is 36.0 Å². The quantitative estimate of drug-likeness (QED) is 0.351. The number of methoxy groups -OCH3 is 1. The Labute approximate surface area is 178 Å². The minimum atomic E-state index is -1.04. The van der Waals surface area contributed by atoms with Gasteiger partial charge in [0.05, 0.1) is 23.9 Å². The van der Waals surface area contributed by atoms with Crippen LogP contribution in [0.5, 0.6) is 5.75 Å². The van der Waals surface area contributed by atoms with Crippen LogP contribution in [0.2, 0.25) is 0 Å². The Balaban J connectivity index is 2.01. The summed E-state index contributed by atoms with van der Waals surface area (Å²) in [6.45, 7) is 0. The topological polar surface area (TPSA) is 81.4 Å². The summed E-state index contributed by atoms with van der Waals surface area (Å²) in [6, 6.07) is 12.9. The van der Waals surface area contributed by atoms with E-state index in [0.29, 0.717) is 21.5 Å². The van der Waals surface area contributed by atoms with E-state index in [2.05, 4.69) is 4.98 Å². The number of aromatic nitrogens is 2. The molecule has 0 fully saturated rings. The van der Waals surface area contributed by atoms with E-state index in [1.165, 1.54) is 34.1 Å². The Morgan fingerprint density at radius 2 is 2.03 bits per heavy atom. The van der Waals surface area contributed by atoms with Crippen molar-refractivity contribution < 1.29 is 19.0 Å². The molecule has 0 unspecified atom stereocenters. The fraction of sp³-hybridized carbons (Fsp3) is 0.0952. The lowest BCUT2D eigenvalue weighted by molar-refractivity contribution is -0.133. The number of carboxylic acids is 1. The molecule has 0 saturated heterocycles. The number of carbonyl (C=O) groups is 1. The number of para-hydroxylation sites is 1. The zero-order valence-electron chi connectivity index (χ0n) is 15.7. The first kappa shape index (κ1) is 20.1. The number of hydrogen-bond donors (Lipinski definition) is 1. The highest BCUT2D eigenvalue weighted by molar-refractivity contribution is 7.99. The van der Waals surface area contributed by atoms with Gasteiger partial charge >= 0.3 is 5.97 Å². The van der Waals surface area contributed by atoms with E-state index >= 15 is 0 Å². The molecule has 0 amide bonds. The monoisotopic (exact) mass is 442 g/mol. The van der Waals surface area contributed by atoms with Gasteiger partial charge < -0.3 is 9.84 Å². The molecule has 0 aliphatic rings. The highest BCUT2D eigenvalue weighted by Gasteiger charge is 2.20. The molecule has 9 heteroatoms. The van der Waals surface area contributed by atoms with Gasteiger partial charge in [-0.25, -0.2) is 9.37 Å². The van der Waals surface area contributed by atoms with Gasteiger partial charge in [0.15, 0.2) is 5.16 Å². The predicted octanol–water partition coefficient (Wildman–Crippen LogP) is 4.44. The Kier molecular flexibility index (Phi) is 5.56. The van der Waals surface area contributed by atoms with Crippen LogP contribution in [0.15, 0.2) is 63.9 Å². The summed E-state index contributed by atoms with van der Waals surface area (Å²) in [6.07, 6.45) is 0. The third kappa shape index (κ3) is 3.69. The molecule has 0 radical (unpaired) electrons. The molecule has 6 nitrogen and oxygen atoms in total. The maximum Gasteiger partial charge on any atom is 0.313 e. The number of thioether (sulfide) groups is 1. The second kappa shape index (κ2) is 8.29. The van der Waals surface area contributed by atoms with Gasteiger partial charge in [0.1, 0.15) is 16.4 Å². The van der Waals surface area contributed by atoms with Crippen LogP contribution in [0, 0.1) is 5.82 Å². The third-order valence-corrected chi connectivity index (χ3v) is 6.16. The van der Waals surface area contributed by atoms with E-state index < -0.39 is 17.3 Å². The Hall–Kier alpha value is -3.17. The number of rotatable bonds is 6. The molecule has 0 bridgehead atoms. The van der Waals surface area contributed by atoms with Crippen molar-refractivity contribution in [3.8, 4) is 22.6 Å². The number of ether oxygens (including phenoxy) is 1. The van der Waals surface area contributed by atoms with Crippen molar-refractivity contribution in [1.29, 1.82) is 0 Å². The normalized spacial score (nSPS) is 11.0. The number of nitrogens with zero attached hydrogens (tertiary/aromatic N) is 2. The van der Waals surface area contributed by atoms with Gasteiger partial charge in [0.2, 0.25) is 0 Å². The largest absolute Gasteiger partial charge is 0.496 e. The van der Waals surface area contributed by atoms with E-state index in [1.54, 1.807) is 19.2 Å². The fourth-order valence-corrected chi connectivity index (χ4v) is 4.82. The van der Waals surface area contributed by atoms with Crippen molar-refractivity contribution in [3.05, 3.63) is 70.1 Å². The first-order chi connectivity index (χ1) is 14.5. The molecule has 2 heterocycles. The second-order valence-corrected chi connectivity index (χ2v) is 8.03. The van der Waals surface area contributed by atoms with Crippen molar-refractivity contribution in [2.45, 2.75) is 5.16 Å². The lowest BCUT2D eigenvalue weighted by Crippen LogP contribution is -2.22. The average Bonchev–Trinajstić information content (AvgIpc) is 3.16. The lowest BCUT2D eigenvalue weighted by Gasteiger charge is -2.12. The van der Waals surface area contributed by atoms with Gasteiger partial charge in [-0.3, -0.25) is 14.2 Å². The van der Waals surface area contributed by atoms with Crippen molar-refractivity contribution >= 4 is 39.3 Å². The zero-order valence-corrected chi connectivity index (χ0v) is 17.3. The molecule has 0 aliphatic heterocycles. The van der Waals surface area contributed by atoms with Crippen LogP contribution in [0.4, 0.5) is 4.39 Å². The number of carboxylic acid groups (broad SMARTS) is 1. The molecule has 0 atom stereocenters. The fourth-order valence-electron chi connectivity index (χ4n) is 3.10. The molecular formula is C21H15FN2O4S2. The number of aliphatic carboxylic acids is 1. The molecule has 2 aromatic carbocycles. The second-order valence-electron chi connectivity index (χ2n) is 6.23. The predicted molar refractivity (Wildman–Crippen MR) is 116 cm³/mol. The van der Waals surface area contributed by atoms with Crippen LogP contribution in [0.1, 0.15) is 0 Å². The molecule has 0 spiro atoms. The molecule has 2 aromatic heterocycles. The summed E-state index contributed by atoms with van der Waals surface area (Å²) in [4.78, 5) is 29.6. The average molecular weight is 442 g/mol. The standard InChI is InChI=1S/C21H15FN2O4S2/c1-28-16-8-3-2-7-14(16)15-10-29-19-18(15)20(27)24(13-6-4-5-12(22)9-13)21(23-19)30-11-17(25)26/h2-10H,11H2,1H3,(H,25,26). The number of fused-ring (bicyclic) bond motifs is 1. The van der Waals surface area contributed by atoms with Crippen LogP contribution in [0.3, 0.4) is 0 Å². The molecule has 152 valence electrons. The van der Waals surface area contributed by atoms with Gasteiger partial charge in [0, 0.05) is 16.5 Å². The van der Waals surface area contributed by atoms with Gasteiger partial charge in [0.25, 0.3) is 5.56 Å². The SMILES string of the molecule is COc1ccccc1-c1csc2nc(SCC(=O)O)n(-c3cccc(F)c3)c(=O)c12. The van der Waals surface area contributed by atoms with E-state index in [-0.39, 0.29) is 16.6 Å². The maximum atomic E-state index is 13.9. The van der Waals surface area contributed by atoms with Crippen molar-refractivity contribution in [1.82, 2.24) is 9.55 Å². The first-order valence-corrected chi connectivity index (χ1v) is 10.6. The van der Waals surface area contributed by atoms with E-state index in [4.69, 9.17) is 9.84 Å². The summed E-state index contributed by atoms with van der Waals surface area (Å²) in [5.74, 6) is -1.22. The van der Waals surface area contributed by atoms with Crippen LogP contribution >= 0.6 is 23.1 Å². The van der Waals surface area contributed by atoms with Gasteiger partial charge in [-0.05, 0) is 24.3 Å². The summed E-state index contributed by atoms with van der Waals surface area (Å²) < 4.78 is 20.6. The summed E-state index contributed by atoms with van der Waals surface area (Å²) in [7, 11) is 1.55. The molecule has 0 aliphatic carbocycles. The Morgan fingerprint density at radius 1 is 1.23 bits per heavy atom. The maximum absolute atomic E-state index is 13.9. The Bertz CT molecular complexity index is 1320. The minimum Gasteiger partial charge on any atom is -0.496 e. The van der Waals surface area contributed by atoms with Crippen molar-refractivity contribution in [2.24, 2.45) is 0 Å². The van der Waals surface area contributed by atoms with Crippen LogP contribution in [-0.4, -0.2) is 33.5 Å². The molecule has 4 rings (SSSR count). The van der Waals surface area contributed by atoms with E-state index in [1.807, 2.05) is 23.6 Å². The zero-order chi connectivity index (χ0) is 21.3. The van der Waals surface area contributed by atoms with Crippen LogP contribution in [-0.2, 0) is 4.79 Å². The van der Waals surface area contributed by atoms with E-state index in [9.17, 15) is 14.0 Å². The lowest BCUT2D eigenvalue weighted by atomic mass is 10.1. The van der Waals surface area contributed by atoms with E-state index in [0.717, 1.165) is 17.3 Å². The highest BCUT2D eigenvalue weighted by atomic mass is 32.2. The number of halogens is 1. The molecule has 1 N–H and O–H groups in total. The van der Waals surface area contributed by atoms with Crippen LogP contribution < -0.4 is 10.3 Å².